The molecule has 0 spiro atoms. The molecule has 2 aromatic heterocycles. The number of benzene rings is 1. The topological polar surface area (TPSA) is 38.9 Å². The van der Waals surface area contributed by atoms with Gasteiger partial charge in [-0.1, -0.05) is 6.07 Å². The predicted molar refractivity (Wildman–Crippen MR) is 77.9 cm³/mol. The van der Waals surface area contributed by atoms with Gasteiger partial charge in [-0.2, -0.15) is 13.2 Å². The maximum atomic E-state index is 12.7. The smallest absolute Gasteiger partial charge is 0.326 e. The molecule has 0 bridgehead atoms. The molecule has 108 valence electrons. The molecule has 2 N–H and O–H groups in total. The van der Waals surface area contributed by atoms with Crippen molar-refractivity contribution >= 4 is 21.4 Å². The third kappa shape index (κ3) is 2.77. The highest BCUT2D eigenvalue weighted by Gasteiger charge is 2.30. The molecule has 0 aliphatic carbocycles. The highest BCUT2D eigenvalue weighted by atomic mass is 32.1. The number of hydrogen-bond donors (Lipinski definition) is 1. The summed E-state index contributed by atoms with van der Waals surface area (Å²) in [4.78, 5) is 5.09. The van der Waals surface area contributed by atoms with Gasteiger partial charge in [-0.25, -0.2) is 0 Å². The van der Waals surface area contributed by atoms with Crippen molar-refractivity contribution in [2.75, 3.05) is 0 Å². The van der Waals surface area contributed by atoms with E-state index in [2.05, 4.69) is 4.98 Å². The van der Waals surface area contributed by atoms with Crippen LogP contribution in [0.15, 0.2) is 42.6 Å². The molecule has 2 heterocycles. The lowest BCUT2D eigenvalue weighted by molar-refractivity contribution is -0.137. The minimum atomic E-state index is -4.32. The van der Waals surface area contributed by atoms with Crippen LogP contribution < -0.4 is 5.73 Å². The number of alkyl halides is 3. The van der Waals surface area contributed by atoms with E-state index in [1.54, 1.807) is 6.20 Å². The van der Waals surface area contributed by atoms with Crippen LogP contribution in [0.2, 0.25) is 0 Å². The van der Waals surface area contributed by atoms with E-state index in [0.717, 1.165) is 27.6 Å². The van der Waals surface area contributed by atoms with E-state index in [9.17, 15) is 13.2 Å². The number of rotatable bonds is 2. The first-order valence-corrected chi connectivity index (χ1v) is 7.05. The largest absolute Gasteiger partial charge is 0.416 e. The zero-order valence-corrected chi connectivity index (χ0v) is 11.6. The highest BCUT2D eigenvalue weighted by Crippen LogP contribution is 2.37. The van der Waals surface area contributed by atoms with Gasteiger partial charge in [0.05, 0.1) is 16.1 Å². The number of nitrogens with two attached hydrogens (primary N) is 1. The van der Waals surface area contributed by atoms with Gasteiger partial charge in [0.2, 0.25) is 0 Å². The number of thiophene rings is 1. The molecule has 1 aromatic carbocycles. The van der Waals surface area contributed by atoms with Crippen LogP contribution in [0.5, 0.6) is 0 Å². The minimum absolute atomic E-state index is 0.401. The van der Waals surface area contributed by atoms with Crippen LogP contribution >= 0.6 is 11.3 Å². The summed E-state index contributed by atoms with van der Waals surface area (Å²) in [6.07, 6.45) is -2.67. The first kappa shape index (κ1) is 14.0. The molecule has 0 radical (unpaired) electrons. The number of fused-ring (bicyclic) bond motifs is 1. The van der Waals surface area contributed by atoms with Crippen molar-refractivity contribution in [1.29, 1.82) is 0 Å². The SMILES string of the molecule is NCc1ccnc(-c2cc3ccc(C(F)(F)F)cc3s2)c1. The minimum Gasteiger partial charge on any atom is -0.326 e. The number of halogens is 3. The molecular weight excluding hydrogens is 297 g/mol. The van der Waals surface area contributed by atoms with Crippen molar-refractivity contribution in [3.63, 3.8) is 0 Å². The quantitative estimate of drug-likeness (QED) is 0.760. The van der Waals surface area contributed by atoms with E-state index < -0.39 is 11.7 Å². The Morgan fingerprint density at radius 2 is 1.90 bits per heavy atom. The molecule has 0 saturated carbocycles. The Hall–Kier alpha value is -1.92. The average molecular weight is 308 g/mol. The molecule has 6 heteroatoms. The Balaban J connectivity index is 2.08. The van der Waals surface area contributed by atoms with Gasteiger partial charge in [-0.3, -0.25) is 4.98 Å². The first-order chi connectivity index (χ1) is 9.97. The molecule has 3 rings (SSSR count). The average Bonchev–Trinajstić information content (AvgIpc) is 2.89. The summed E-state index contributed by atoms with van der Waals surface area (Å²) in [7, 11) is 0. The fourth-order valence-electron chi connectivity index (χ4n) is 2.07. The van der Waals surface area contributed by atoms with Crippen molar-refractivity contribution in [2.45, 2.75) is 12.7 Å². The Kier molecular flexibility index (Phi) is 3.43. The molecule has 0 atom stereocenters. The van der Waals surface area contributed by atoms with Crippen LogP contribution in [0.4, 0.5) is 13.2 Å². The Morgan fingerprint density at radius 3 is 2.62 bits per heavy atom. The summed E-state index contributed by atoms with van der Waals surface area (Å²) in [6, 6.07) is 9.29. The van der Waals surface area contributed by atoms with Gasteiger partial charge in [-0.15, -0.1) is 11.3 Å². The maximum Gasteiger partial charge on any atom is 0.416 e. The number of pyridine rings is 1. The predicted octanol–water partition coefficient (Wildman–Crippen LogP) is 4.44. The van der Waals surface area contributed by atoms with Gasteiger partial charge in [0.15, 0.2) is 0 Å². The van der Waals surface area contributed by atoms with Crippen molar-refractivity contribution in [3.05, 3.63) is 53.7 Å². The van der Waals surface area contributed by atoms with Gasteiger partial charge in [0.1, 0.15) is 0 Å². The molecule has 3 aromatic rings. The van der Waals surface area contributed by atoms with Gasteiger partial charge in [0, 0.05) is 17.4 Å². The maximum absolute atomic E-state index is 12.7. The fraction of sp³-hybridized carbons (Fsp3) is 0.133. The van der Waals surface area contributed by atoms with Gasteiger partial charge in [-0.05, 0) is 41.3 Å². The summed E-state index contributed by atoms with van der Waals surface area (Å²) >= 11 is 1.30. The highest BCUT2D eigenvalue weighted by molar-refractivity contribution is 7.22. The van der Waals surface area contributed by atoms with Crippen molar-refractivity contribution in [2.24, 2.45) is 5.73 Å². The Morgan fingerprint density at radius 1 is 1.10 bits per heavy atom. The standard InChI is InChI=1S/C15H11F3N2S/c16-15(17,18)11-2-1-10-6-14(21-13(10)7-11)12-5-9(8-19)3-4-20-12/h1-7H,8,19H2. The van der Waals surface area contributed by atoms with E-state index >= 15 is 0 Å². The van der Waals surface area contributed by atoms with Crippen LogP contribution in [0.3, 0.4) is 0 Å². The summed E-state index contributed by atoms with van der Waals surface area (Å²) < 4.78 is 38.8. The van der Waals surface area contributed by atoms with Crippen molar-refractivity contribution in [3.8, 4) is 10.6 Å². The van der Waals surface area contributed by atoms with E-state index in [-0.39, 0.29) is 0 Å². The second-order valence-corrected chi connectivity index (χ2v) is 5.70. The van der Waals surface area contributed by atoms with Crippen LogP contribution in [0, 0.1) is 0 Å². The number of nitrogens with zero attached hydrogens (tertiary/aromatic N) is 1. The second kappa shape index (κ2) is 5.13. The molecule has 0 amide bonds. The normalized spacial score (nSPS) is 12.0. The van der Waals surface area contributed by atoms with Crippen LogP contribution in [0.25, 0.3) is 20.7 Å². The lowest BCUT2D eigenvalue weighted by atomic mass is 10.1. The first-order valence-electron chi connectivity index (χ1n) is 6.23. The molecule has 0 fully saturated rings. The van der Waals surface area contributed by atoms with E-state index in [0.29, 0.717) is 11.2 Å². The molecular formula is C15H11F3N2S. The second-order valence-electron chi connectivity index (χ2n) is 4.61. The van der Waals surface area contributed by atoms with Crippen LogP contribution in [0.1, 0.15) is 11.1 Å². The monoisotopic (exact) mass is 308 g/mol. The zero-order valence-electron chi connectivity index (χ0n) is 10.8. The molecule has 0 aliphatic heterocycles. The lowest BCUT2D eigenvalue weighted by Crippen LogP contribution is -2.03. The van der Waals surface area contributed by atoms with Crippen LogP contribution in [-0.2, 0) is 12.7 Å². The van der Waals surface area contributed by atoms with E-state index in [1.807, 2.05) is 18.2 Å². The third-order valence-corrected chi connectivity index (χ3v) is 4.28. The number of aromatic nitrogens is 1. The summed E-state index contributed by atoms with van der Waals surface area (Å²) in [6.45, 7) is 0.401. The Bertz CT molecular complexity index is 793. The molecule has 0 unspecified atom stereocenters. The van der Waals surface area contributed by atoms with Crippen molar-refractivity contribution < 1.29 is 13.2 Å². The van der Waals surface area contributed by atoms with Gasteiger partial charge < -0.3 is 5.73 Å². The molecule has 0 saturated heterocycles. The summed E-state index contributed by atoms with van der Waals surface area (Å²) in [5.74, 6) is 0. The fourth-order valence-corrected chi connectivity index (χ4v) is 3.14. The Labute approximate surface area is 123 Å². The summed E-state index contributed by atoms with van der Waals surface area (Å²) in [5, 5.41) is 0.781. The third-order valence-electron chi connectivity index (χ3n) is 3.16. The van der Waals surface area contributed by atoms with Gasteiger partial charge in [0.25, 0.3) is 0 Å². The van der Waals surface area contributed by atoms with Crippen LogP contribution in [-0.4, -0.2) is 4.98 Å². The zero-order chi connectivity index (χ0) is 15.0. The molecule has 0 aliphatic rings. The van der Waals surface area contributed by atoms with E-state index in [1.165, 1.54) is 23.5 Å². The van der Waals surface area contributed by atoms with E-state index in [4.69, 9.17) is 5.73 Å². The molecule has 21 heavy (non-hydrogen) atoms. The van der Waals surface area contributed by atoms with Crippen molar-refractivity contribution in [1.82, 2.24) is 4.98 Å². The van der Waals surface area contributed by atoms with Gasteiger partial charge >= 0.3 is 6.18 Å². The number of hydrogen-bond acceptors (Lipinski definition) is 3. The lowest BCUT2D eigenvalue weighted by Gasteiger charge is -2.05. The molecule has 2 nitrogen and oxygen atoms in total. The summed E-state index contributed by atoms with van der Waals surface area (Å²) in [5.41, 5.74) is 6.63.